The van der Waals surface area contributed by atoms with E-state index >= 15 is 0 Å². The highest BCUT2D eigenvalue weighted by Crippen LogP contribution is 2.45. The van der Waals surface area contributed by atoms with Crippen LogP contribution in [0.1, 0.15) is 37.2 Å². The number of methoxy groups -OCH3 is 2. The van der Waals surface area contributed by atoms with Crippen LogP contribution in [0.2, 0.25) is 5.02 Å². The van der Waals surface area contributed by atoms with Gasteiger partial charge < -0.3 is 9.47 Å². The minimum absolute atomic E-state index is 0.0294. The Bertz CT molecular complexity index is 1070. The molecule has 0 aromatic heterocycles. The summed E-state index contributed by atoms with van der Waals surface area (Å²) in [4.78, 5) is 27.7. The molecule has 1 atom stereocenters. The molecule has 0 radical (unpaired) electrons. The Kier molecular flexibility index (Phi) is 5.52. The smallest absolute Gasteiger partial charge is 0.232 e. The van der Waals surface area contributed by atoms with E-state index in [0.29, 0.717) is 47.7 Å². The highest BCUT2D eigenvalue weighted by atomic mass is 35.5. The average molecular weight is 430 g/mol. The maximum atomic E-state index is 13.7. The van der Waals surface area contributed by atoms with Gasteiger partial charge in [-0.1, -0.05) is 17.7 Å². The number of anilines is 1. The van der Waals surface area contributed by atoms with Crippen molar-refractivity contribution in [3.05, 3.63) is 64.1 Å². The van der Waals surface area contributed by atoms with Crippen molar-refractivity contribution in [1.29, 1.82) is 0 Å². The number of allylic oxidation sites excluding steroid dienone is 2. The number of ketones is 1. The molecule has 1 amide bonds. The Labute approximate surface area is 179 Å². The van der Waals surface area contributed by atoms with E-state index in [9.17, 15) is 14.0 Å². The van der Waals surface area contributed by atoms with E-state index < -0.39 is 5.82 Å². The van der Waals surface area contributed by atoms with Gasteiger partial charge in [-0.15, -0.1) is 0 Å². The number of amides is 1. The summed E-state index contributed by atoms with van der Waals surface area (Å²) in [7, 11) is 3.10. The van der Waals surface area contributed by atoms with Crippen LogP contribution in [0.3, 0.4) is 0 Å². The van der Waals surface area contributed by atoms with E-state index in [2.05, 4.69) is 0 Å². The monoisotopic (exact) mass is 429 g/mol. The van der Waals surface area contributed by atoms with Crippen molar-refractivity contribution in [3.8, 4) is 11.5 Å². The molecule has 0 bridgehead atoms. The second-order valence-corrected chi connectivity index (χ2v) is 7.74. The standard InChI is InChI=1S/C23H21ClFNO4/c1-29-20-9-6-13(10-21(20)30-2)15-12-22(28)26(14-7-8-17(25)16(24)11-14)18-4-3-5-19(27)23(15)18/h6-11,15H,3-5,12H2,1-2H3. The number of carbonyl (C=O) groups is 2. The maximum Gasteiger partial charge on any atom is 0.232 e. The predicted octanol–water partition coefficient (Wildman–Crippen LogP) is 5.02. The van der Waals surface area contributed by atoms with Gasteiger partial charge in [0.2, 0.25) is 5.91 Å². The van der Waals surface area contributed by atoms with Crippen molar-refractivity contribution in [2.75, 3.05) is 19.1 Å². The van der Waals surface area contributed by atoms with Gasteiger partial charge in [0.25, 0.3) is 0 Å². The maximum absolute atomic E-state index is 13.7. The Balaban J connectivity index is 1.84. The number of ether oxygens (including phenoxy) is 2. The first-order valence-corrected chi connectivity index (χ1v) is 10.1. The average Bonchev–Trinajstić information content (AvgIpc) is 2.75. The van der Waals surface area contributed by atoms with Crippen LogP contribution in [0.4, 0.5) is 10.1 Å². The molecule has 5 nitrogen and oxygen atoms in total. The van der Waals surface area contributed by atoms with Crippen LogP contribution in [-0.4, -0.2) is 25.9 Å². The van der Waals surface area contributed by atoms with E-state index in [0.717, 1.165) is 5.56 Å². The summed E-state index contributed by atoms with van der Waals surface area (Å²) in [5.41, 5.74) is 2.60. The summed E-state index contributed by atoms with van der Waals surface area (Å²) in [5.74, 6) is 0.0673. The van der Waals surface area contributed by atoms with Crippen molar-refractivity contribution in [3.63, 3.8) is 0 Å². The number of halogens is 2. The highest BCUT2D eigenvalue weighted by molar-refractivity contribution is 6.31. The third kappa shape index (κ3) is 3.45. The minimum atomic E-state index is -0.554. The summed E-state index contributed by atoms with van der Waals surface area (Å²) in [5, 5.41) is -0.0633. The minimum Gasteiger partial charge on any atom is -0.493 e. The van der Waals surface area contributed by atoms with Crippen LogP contribution in [0.15, 0.2) is 47.7 Å². The zero-order chi connectivity index (χ0) is 21.4. The van der Waals surface area contributed by atoms with Gasteiger partial charge >= 0.3 is 0 Å². The molecule has 0 N–H and O–H groups in total. The molecule has 1 unspecified atom stereocenters. The lowest BCUT2D eigenvalue weighted by Crippen LogP contribution is -2.40. The van der Waals surface area contributed by atoms with Crippen LogP contribution in [0.25, 0.3) is 0 Å². The lowest BCUT2D eigenvalue weighted by molar-refractivity contribution is -0.119. The molecule has 30 heavy (non-hydrogen) atoms. The summed E-state index contributed by atoms with van der Waals surface area (Å²) >= 11 is 5.95. The third-order valence-electron chi connectivity index (χ3n) is 5.65. The molecule has 0 spiro atoms. The number of rotatable bonds is 4. The predicted molar refractivity (Wildman–Crippen MR) is 112 cm³/mol. The molecule has 4 rings (SSSR count). The van der Waals surface area contributed by atoms with E-state index in [1.54, 1.807) is 20.3 Å². The topological polar surface area (TPSA) is 55.8 Å². The van der Waals surface area contributed by atoms with Gasteiger partial charge in [0.05, 0.1) is 24.9 Å². The first kappa shape index (κ1) is 20.4. The van der Waals surface area contributed by atoms with Crippen LogP contribution in [-0.2, 0) is 9.59 Å². The van der Waals surface area contributed by atoms with Crippen molar-refractivity contribution < 1.29 is 23.5 Å². The van der Waals surface area contributed by atoms with Crippen molar-refractivity contribution in [1.82, 2.24) is 0 Å². The summed E-state index contributed by atoms with van der Waals surface area (Å²) in [6.45, 7) is 0. The molecule has 156 valence electrons. The van der Waals surface area contributed by atoms with Gasteiger partial charge in [0.1, 0.15) is 5.82 Å². The Hall–Kier alpha value is -2.86. The fourth-order valence-electron chi connectivity index (χ4n) is 4.27. The molecule has 2 aliphatic rings. The molecule has 0 fully saturated rings. The Morgan fingerprint density at radius 2 is 1.80 bits per heavy atom. The number of benzene rings is 2. The molecular formula is C23H21ClFNO4. The number of hydrogen-bond acceptors (Lipinski definition) is 4. The van der Waals surface area contributed by atoms with Gasteiger partial charge in [-0.3, -0.25) is 14.5 Å². The third-order valence-corrected chi connectivity index (χ3v) is 5.94. The molecular weight excluding hydrogens is 409 g/mol. The Morgan fingerprint density at radius 3 is 2.50 bits per heavy atom. The molecule has 0 saturated heterocycles. The summed E-state index contributed by atoms with van der Waals surface area (Å²) in [6, 6.07) is 9.62. The van der Waals surface area contributed by atoms with E-state index in [4.69, 9.17) is 21.1 Å². The number of Topliss-reactive ketones (excluding diaryl/α,β-unsaturated/α-hetero) is 1. The number of hydrogen-bond donors (Lipinski definition) is 0. The van der Waals surface area contributed by atoms with Crippen molar-refractivity contribution >= 4 is 29.0 Å². The second kappa shape index (κ2) is 8.11. The van der Waals surface area contributed by atoms with Crippen LogP contribution < -0.4 is 14.4 Å². The first-order valence-electron chi connectivity index (χ1n) is 9.70. The summed E-state index contributed by atoms with van der Waals surface area (Å²) < 4.78 is 24.4. The quantitative estimate of drug-likeness (QED) is 0.684. The normalized spacial score (nSPS) is 19.1. The highest BCUT2D eigenvalue weighted by Gasteiger charge is 2.40. The number of nitrogens with zero attached hydrogens (tertiary/aromatic N) is 1. The fraction of sp³-hybridized carbons (Fsp3) is 0.304. The van der Waals surface area contributed by atoms with E-state index in [1.165, 1.54) is 23.1 Å². The van der Waals surface area contributed by atoms with Gasteiger partial charge in [0.15, 0.2) is 17.3 Å². The second-order valence-electron chi connectivity index (χ2n) is 7.34. The molecule has 7 heteroatoms. The van der Waals surface area contributed by atoms with Gasteiger partial charge in [0, 0.05) is 30.0 Å². The van der Waals surface area contributed by atoms with Crippen LogP contribution in [0.5, 0.6) is 11.5 Å². The van der Waals surface area contributed by atoms with Crippen molar-refractivity contribution in [2.24, 2.45) is 0 Å². The fourth-order valence-corrected chi connectivity index (χ4v) is 4.45. The lowest BCUT2D eigenvalue weighted by Gasteiger charge is -2.38. The number of carbonyl (C=O) groups excluding carboxylic acids is 2. The first-order chi connectivity index (χ1) is 14.4. The van der Waals surface area contributed by atoms with Gasteiger partial charge in [-0.25, -0.2) is 4.39 Å². The molecule has 2 aromatic rings. The van der Waals surface area contributed by atoms with Crippen molar-refractivity contribution in [2.45, 2.75) is 31.6 Å². The molecule has 2 aromatic carbocycles. The summed E-state index contributed by atoms with van der Waals surface area (Å²) in [6.07, 6.45) is 1.81. The van der Waals surface area contributed by atoms with E-state index in [1.807, 2.05) is 12.1 Å². The zero-order valence-corrected chi connectivity index (χ0v) is 17.5. The Morgan fingerprint density at radius 1 is 1.03 bits per heavy atom. The largest absolute Gasteiger partial charge is 0.493 e. The zero-order valence-electron chi connectivity index (χ0n) is 16.7. The van der Waals surface area contributed by atoms with Gasteiger partial charge in [-0.05, 0) is 48.7 Å². The van der Waals surface area contributed by atoms with E-state index in [-0.39, 0.29) is 29.1 Å². The van der Waals surface area contributed by atoms with Gasteiger partial charge in [-0.2, -0.15) is 0 Å². The molecule has 0 saturated carbocycles. The van der Waals surface area contributed by atoms with Crippen LogP contribution >= 0.6 is 11.6 Å². The lowest BCUT2D eigenvalue weighted by atomic mass is 9.77. The molecule has 1 aliphatic heterocycles. The SMILES string of the molecule is COc1ccc(C2CC(=O)N(c3ccc(F)c(Cl)c3)C3=C2C(=O)CCC3)cc1OC. The van der Waals surface area contributed by atoms with Crippen LogP contribution in [0, 0.1) is 5.82 Å². The molecule has 1 heterocycles. The molecule has 1 aliphatic carbocycles.